The number of aliphatic hydroxyl groups is 2. The van der Waals surface area contributed by atoms with Gasteiger partial charge in [-0.05, 0) is 38.1 Å². The molecule has 0 spiro atoms. The van der Waals surface area contributed by atoms with Gasteiger partial charge in [0.15, 0.2) is 11.4 Å². The number of carbonyl (C=O) groups is 1. The van der Waals surface area contributed by atoms with Crippen LogP contribution in [0.2, 0.25) is 0 Å². The molecule has 3 aromatic rings. The van der Waals surface area contributed by atoms with Crippen molar-refractivity contribution in [3.05, 3.63) is 54.5 Å². The van der Waals surface area contributed by atoms with E-state index in [9.17, 15) is 19.6 Å². The fourth-order valence-electron chi connectivity index (χ4n) is 4.27. The van der Waals surface area contributed by atoms with E-state index in [-0.39, 0.29) is 30.5 Å². The summed E-state index contributed by atoms with van der Waals surface area (Å²) >= 11 is 0. The first kappa shape index (κ1) is 29.9. The molecule has 0 amide bonds. The molecule has 15 heteroatoms. The maximum absolute atomic E-state index is 13.9. The monoisotopic (exact) mass is 579 g/mol. The zero-order valence-electron chi connectivity index (χ0n) is 22.4. The van der Waals surface area contributed by atoms with Crippen LogP contribution in [0.25, 0.3) is 5.52 Å². The third-order valence-corrected chi connectivity index (χ3v) is 8.13. The Morgan fingerprint density at radius 1 is 1.30 bits per heavy atom. The van der Waals surface area contributed by atoms with E-state index in [0.29, 0.717) is 18.5 Å². The van der Waals surface area contributed by atoms with Gasteiger partial charge in [0.1, 0.15) is 35.3 Å². The fraction of sp³-hybridized carbons (Fsp3) is 0.480. The van der Waals surface area contributed by atoms with Crippen LogP contribution >= 0.6 is 7.75 Å². The van der Waals surface area contributed by atoms with E-state index in [1.165, 1.54) is 31.8 Å². The van der Waals surface area contributed by atoms with Gasteiger partial charge in [-0.3, -0.25) is 9.32 Å². The maximum atomic E-state index is 13.9. The van der Waals surface area contributed by atoms with Crippen molar-refractivity contribution in [3.8, 4) is 5.75 Å². The number of hydrogen-bond acceptors (Lipinski definition) is 12. The number of rotatable bonds is 13. The molecule has 2 aromatic heterocycles. The number of nitrogens with one attached hydrogen (secondary N) is 1. The third kappa shape index (κ3) is 6.28. The van der Waals surface area contributed by atoms with Crippen LogP contribution in [0.4, 0.5) is 5.82 Å². The summed E-state index contributed by atoms with van der Waals surface area (Å²) in [4.78, 5) is 16.4. The van der Waals surface area contributed by atoms with Gasteiger partial charge in [-0.25, -0.2) is 14.1 Å². The molecule has 40 heavy (non-hydrogen) atoms. The highest BCUT2D eigenvalue weighted by Crippen LogP contribution is 2.48. The van der Waals surface area contributed by atoms with E-state index < -0.39 is 43.7 Å². The van der Waals surface area contributed by atoms with E-state index in [0.717, 1.165) is 0 Å². The molecular formula is C25H34N5O9P. The summed E-state index contributed by atoms with van der Waals surface area (Å²) in [5, 5.41) is 29.5. The van der Waals surface area contributed by atoms with Gasteiger partial charge in [0, 0.05) is 20.1 Å². The van der Waals surface area contributed by atoms with Gasteiger partial charge in [0.05, 0.1) is 25.5 Å². The van der Waals surface area contributed by atoms with Gasteiger partial charge < -0.3 is 34.7 Å². The summed E-state index contributed by atoms with van der Waals surface area (Å²) in [6.07, 6.45) is 0.171. The van der Waals surface area contributed by atoms with E-state index >= 15 is 0 Å². The molecule has 0 saturated carbocycles. The molecule has 5 N–H and O–H groups in total. The summed E-state index contributed by atoms with van der Waals surface area (Å²) in [6, 6.07) is 10.3. The Labute approximate surface area is 230 Å². The average molecular weight is 580 g/mol. The molecule has 1 aliphatic rings. The van der Waals surface area contributed by atoms with Crippen molar-refractivity contribution in [3.63, 3.8) is 0 Å². The van der Waals surface area contributed by atoms with Gasteiger partial charge in [0.2, 0.25) is 0 Å². The van der Waals surface area contributed by atoms with Gasteiger partial charge in [-0.1, -0.05) is 18.2 Å². The Bertz CT molecular complexity index is 1360. The second-order valence-corrected chi connectivity index (χ2v) is 11.3. The number of aliphatic hydroxyl groups excluding tert-OH is 1. The van der Waals surface area contributed by atoms with Crippen molar-refractivity contribution in [2.75, 3.05) is 39.3 Å². The van der Waals surface area contributed by atoms with Crippen molar-refractivity contribution >= 4 is 25.1 Å². The van der Waals surface area contributed by atoms with Crippen molar-refractivity contribution in [1.29, 1.82) is 0 Å². The van der Waals surface area contributed by atoms with Crippen LogP contribution in [0.3, 0.4) is 0 Å². The molecule has 1 unspecified atom stereocenters. The van der Waals surface area contributed by atoms with Crippen molar-refractivity contribution in [2.45, 2.75) is 43.6 Å². The van der Waals surface area contributed by atoms with Gasteiger partial charge in [0.25, 0.3) is 0 Å². The fourth-order valence-corrected chi connectivity index (χ4v) is 5.85. The smallest absolute Gasteiger partial charge is 0.459 e. The van der Waals surface area contributed by atoms with Crippen molar-refractivity contribution in [2.24, 2.45) is 0 Å². The highest BCUT2D eigenvalue weighted by atomic mass is 31.2. The average Bonchev–Trinajstić information content (AvgIpc) is 3.48. The number of ether oxygens (including phenoxy) is 3. The lowest BCUT2D eigenvalue weighted by molar-refractivity contribution is -0.145. The molecule has 1 saturated heterocycles. The predicted molar refractivity (Wildman–Crippen MR) is 142 cm³/mol. The SMILES string of the molecule is COCCCOC(=O)[C@H](C)NP(=O)(OC[C@@]1(C)OC[C@@](O)(c2ccc3c(N)ncnn23)[C@@H]1O)Oc1ccccc1. The molecule has 5 atom stereocenters. The molecule has 4 rings (SSSR count). The molecule has 14 nitrogen and oxygen atoms in total. The number of para-hydroxylation sites is 1. The standard InChI is InChI=1S/C25H34N5O9P/c1-17(22(31)36-13-7-12-35-3)29-40(34,39-18-8-5-4-6-9-18)38-14-24(2)23(32)25(33,15-37-24)20-11-10-19-21(26)27-16-28-30(19)20/h4-6,8-11,16-17,23,32-33H,7,12-15H2,1-3H3,(H,29,34)(H2,26,27,28)/t17-,23+,24+,25+,40?/m0/s1. The Morgan fingerprint density at radius 3 is 2.77 bits per heavy atom. The Balaban J connectivity index is 1.51. The summed E-state index contributed by atoms with van der Waals surface area (Å²) in [5.74, 6) is -0.262. The van der Waals surface area contributed by atoms with Gasteiger partial charge >= 0.3 is 13.7 Å². The molecule has 1 aliphatic heterocycles. The van der Waals surface area contributed by atoms with Gasteiger partial charge in [-0.15, -0.1) is 0 Å². The van der Waals surface area contributed by atoms with E-state index in [1.54, 1.807) is 42.5 Å². The van der Waals surface area contributed by atoms with Crippen LogP contribution in [0.5, 0.6) is 5.75 Å². The highest BCUT2D eigenvalue weighted by molar-refractivity contribution is 7.52. The number of anilines is 1. The minimum atomic E-state index is -4.26. The number of methoxy groups -OCH3 is 1. The van der Waals surface area contributed by atoms with Crippen molar-refractivity contribution in [1.82, 2.24) is 19.7 Å². The predicted octanol–water partition coefficient (Wildman–Crippen LogP) is 1.41. The van der Waals surface area contributed by atoms with E-state index in [1.807, 2.05) is 0 Å². The van der Waals surface area contributed by atoms with Crippen LogP contribution in [0, 0.1) is 0 Å². The minimum Gasteiger partial charge on any atom is -0.464 e. The molecular weight excluding hydrogens is 545 g/mol. The number of nitrogens with two attached hydrogens (primary N) is 1. The summed E-state index contributed by atoms with van der Waals surface area (Å²) < 4.78 is 42.6. The largest absolute Gasteiger partial charge is 0.464 e. The third-order valence-electron chi connectivity index (χ3n) is 6.51. The first-order valence-electron chi connectivity index (χ1n) is 12.6. The number of nitrogen functional groups attached to an aromatic ring is 1. The molecule has 3 heterocycles. The summed E-state index contributed by atoms with van der Waals surface area (Å²) in [5.41, 5.74) is 3.11. The first-order chi connectivity index (χ1) is 19.0. The molecule has 0 radical (unpaired) electrons. The zero-order chi connectivity index (χ0) is 29.0. The maximum Gasteiger partial charge on any atom is 0.459 e. The Kier molecular flexibility index (Phi) is 9.10. The quantitative estimate of drug-likeness (QED) is 0.129. The summed E-state index contributed by atoms with van der Waals surface area (Å²) in [6.45, 7) is 2.67. The first-order valence-corrected chi connectivity index (χ1v) is 14.1. The molecule has 218 valence electrons. The van der Waals surface area contributed by atoms with Crippen LogP contribution in [-0.2, 0) is 33.7 Å². The van der Waals surface area contributed by atoms with E-state index in [4.69, 9.17) is 29.0 Å². The van der Waals surface area contributed by atoms with Crippen LogP contribution in [0.15, 0.2) is 48.8 Å². The number of fused-ring (bicyclic) bond motifs is 1. The topological polar surface area (TPSA) is 189 Å². The number of hydrogen-bond donors (Lipinski definition) is 4. The lowest BCUT2D eigenvalue weighted by Gasteiger charge is -2.33. The number of benzene rings is 1. The van der Waals surface area contributed by atoms with E-state index in [2.05, 4.69) is 15.2 Å². The lowest BCUT2D eigenvalue weighted by atomic mass is 9.86. The van der Waals surface area contributed by atoms with Gasteiger partial charge in [-0.2, -0.15) is 10.2 Å². The summed E-state index contributed by atoms with van der Waals surface area (Å²) in [7, 11) is -2.72. The number of aromatic nitrogens is 3. The Morgan fingerprint density at radius 2 is 2.05 bits per heavy atom. The lowest BCUT2D eigenvalue weighted by Crippen LogP contribution is -2.50. The Hall–Kier alpha value is -3.10. The normalized spacial score (nSPS) is 25.0. The highest BCUT2D eigenvalue weighted by Gasteiger charge is 2.58. The zero-order valence-corrected chi connectivity index (χ0v) is 23.3. The van der Waals surface area contributed by atoms with Crippen molar-refractivity contribution < 1.29 is 42.8 Å². The second-order valence-electron chi connectivity index (χ2n) is 9.63. The molecule has 0 bridgehead atoms. The minimum absolute atomic E-state index is 0.116. The molecule has 1 aromatic carbocycles. The second kappa shape index (κ2) is 12.2. The molecule has 0 aliphatic carbocycles. The van der Waals surface area contributed by atoms with Crippen LogP contribution in [0.1, 0.15) is 26.0 Å². The number of nitrogens with zero attached hydrogens (tertiary/aromatic N) is 3. The van der Waals surface area contributed by atoms with Crippen LogP contribution in [-0.4, -0.2) is 82.1 Å². The number of esters is 1. The number of carbonyl (C=O) groups excluding carboxylic acids is 1. The van der Waals surface area contributed by atoms with Crippen LogP contribution < -0.4 is 15.3 Å². The molecule has 1 fully saturated rings.